The van der Waals surface area contributed by atoms with Crippen LogP contribution in [-0.2, 0) is 0 Å². The van der Waals surface area contributed by atoms with Gasteiger partial charge in [0, 0.05) is 55.2 Å². The first kappa shape index (κ1) is 26.6. The van der Waals surface area contributed by atoms with Gasteiger partial charge in [0.1, 0.15) is 0 Å². The Hall–Kier alpha value is -5.65. The molecule has 0 bridgehead atoms. The molecular formula is C42H28BN3S. The van der Waals surface area contributed by atoms with Crippen molar-refractivity contribution in [1.29, 1.82) is 0 Å². The van der Waals surface area contributed by atoms with E-state index in [2.05, 4.69) is 184 Å². The van der Waals surface area contributed by atoms with Crippen LogP contribution in [-0.4, -0.2) is 6.85 Å². The molecule has 0 fully saturated rings. The van der Waals surface area contributed by atoms with Crippen LogP contribution in [0.3, 0.4) is 0 Å². The summed E-state index contributed by atoms with van der Waals surface area (Å²) in [5.74, 6) is 0. The van der Waals surface area contributed by atoms with E-state index in [1.165, 1.54) is 54.6 Å². The molecule has 10 rings (SSSR count). The average Bonchev–Trinajstić information content (AvgIpc) is 3.14. The number of fused-ring (bicyclic) bond motifs is 6. The molecule has 7 aromatic carbocycles. The minimum Gasteiger partial charge on any atom is -0.374 e. The molecule has 0 aliphatic carbocycles. The number of anilines is 8. The van der Waals surface area contributed by atoms with E-state index in [9.17, 15) is 0 Å². The van der Waals surface area contributed by atoms with Gasteiger partial charge in [-0.1, -0.05) is 109 Å². The summed E-state index contributed by atoms with van der Waals surface area (Å²) in [7, 11) is 0. The van der Waals surface area contributed by atoms with Gasteiger partial charge < -0.3 is 14.6 Å². The zero-order valence-corrected chi connectivity index (χ0v) is 26.3. The molecule has 0 saturated carbocycles. The van der Waals surface area contributed by atoms with Gasteiger partial charge in [0.2, 0.25) is 0 Å². The number of para-hydroxylation sites is 6. The number of rotatable bonds is 4. The zero-order chi connectivity index (χ0) is 30.9. The molecule has 3 aliphatic rings. The minimum atomic E-state index is 0.0165. The van der Waals surface area contributed by atoms with E-state index in [1.807, 2.05) is 11.8 Å². The van der Waals surface area contributed by atoms with Gasteiger partial charge in [0.05, 0.1) is 5.69 Å². The van der Waals surface area contributed by atoms with Crippen molar-refractivity contribution in [2.75, 3.05) is 14.6 Å². The molecule has 3 nitrogen and oxygen atoms in total. The summed E-state index contributed by atoms with van der Waals surface area (Å²) in [4.78, 5) is 10.1. The molecule has 0 aromatic heterocycles. The average molecular weight is 618 g/mol. The lowest BCUT2D eigenvalue weighted by Gasteiger charge is -2.48. The second-order valence-corrected chi connectivity index (χ2v) is 13.2. The van der Waals surface area contributed by atoms with Crippen molar-refractivity contribution >= 4 is 75.0 Å². The molecule has 0 unspecified atom stereocenters. The molecule has 0 N–H and O–H groups in total. The maximum atomic E-state index is 2.62. The van der Waals surface area contributed by atoms with Crippen LogP contribution in [0.25, 0.3) is 11.1 Å². The predicted octanol–water partition coefficient (Wildman–Crippen LogP) is 10.3. The molecule has 0 spiro atoms. The molecule has 0 amide bonds. The summed E-state index contributed by atoms with van der Waals surface area (Å²) in [6.45, 7) is 0.0165. The highest BCUT2D eigenvalue weighted by Gasteiger charge is 2.47. The number of hydrogen-bond acceptors (Lipinski definition) is 4. The Labute approximate surface area is 279 Å². The Morgan fingerprint density at radius 3 is 1.83 bits per heavy atom. The third-order valence-corrected chi connectivity index (χ3v) is 10.7. The summed E-state index contributed by atoms with van der Waals surface area (Å²) in [5.41, 5.74) is 14.7. The van der Waals surface area contributed by atoms with E-state index < -0.39 is 0 Å². The molecule has 0 atom stereocenters. The van der Waals surface area contributed by atoms with Gasteiger partial charge in [-0.25, -0.2) is 0 Å². The van der Waals surface area contributed by atoms with Crippen LogP contribution in [0, 0.1) is 0 Å². The Morgan fingerprint density at radius 1 is 0.468 bits per heavy atom. The van der Waals surface area contributed by atoms with Crippen LogP contribution in [0.15, 0.2) is 180 Å². The molecular weight excluding hydrogens is 589 g/mol. The van der Waals surface area contributed by atoms with Crippen LogP contribution < -0.4 is 25.5 Å². The van der Waals surface area contributed by atoms with Crippen molar-refractivity contribution in [1.82, 2.24) is 0 Å². The predicted molar refractivity (Wildman–Crippen MR) is 199 cm³/mol. The van der Waals surface area contributed by atoms with Crippen LogP contribution >= 0.6 is 11.8 Å². The van der Waals surface area contributed by atoms with Gasteiger partial charge in [0.25, 0.3) is 0 Å². The van der Waals surface area contributed by atoms with Crippen LogP contribution in [0.1, 0.15) is 0 Å². The SMILES string of the molecule is c1ccc(N(c2ccccc2)c2cc3c4c(c2)N(c2ccccc2)c2ccccc2B4N2c4ccccc4Sc4cccc-3c42)cc1. The molecule has 0 radical (unpaired) electrons. The van der Waals surface area contributed by atoms with E-state index in [4.69, 9.17) is 0 Å². The van der Waals surface area contributed by atoms with Crippen LogP contribution in [0.5, 0.6) is 0 Å². The minimum absolute atomic E-state index is 0.0165. The maximum Gasteiger partial charge on any atom is 0.333 e. The summed E-state index contributed by atoms with van der Waals surface area (Å²) in [6.07, 6.45) is 0. The fourth-order valence-electron chi connectivity index (χ4n) is 7.70. The van der Waals surface area contributed by atoms with Gasteiger partial charge in [-0.05, 0) is 89.3 Å². The van der Waals surface area contributed by atoms with E-state index in [-0.39, 0.29) is 6.85 Å². The van der Waals surface area contributed by atoms with E-state index in [0.717, 1.165) is 22.7 Å². The van der Waals surface area contributed by atoms with Gasteiger partial charge in [-0.2, -0.15) is 0 Å². The molecule has 3 heterocycles. The lowest BCUT2D eigenvalue weighted by atomic mass is 9.43. The Morgan fingerprint density at radius 2 is 1.09 bits per heavy atom. The summed E-state index contributed by atoms with van der Waals surface area (Å²) >= 11 is 1.88. The third-order valence-electron chi connectivity index (χ3n) is 9.56. The Bertz CT molecular complexity index is 2270. The first-order valence-electron chi connectivity index (χ1n) is 16.1. The topological polar surface area (TPSA) is 9.72 Å². The molecule has 3 aliphatic heterocycles. The van der Waals surface area contributed by atoms with Crippen LogP contribution in [0.2, 0.25) is 0 Å². The molecule has 0 saturated heterocycles. The van der Waals surface area contributed by atoms with Gasteiger partial charge in [-0.3, -0.25) is 0 Å². The van der Waals surface area contributed by atoms with Crippen molar-refractivity contribution in [3.8, 4) is 11.1 Å². The zero-order valence-electron chi connectivity index (χ0n) is 25.5. The van der Waals surface area contributed by atoms with Crippen molar-refractivity contribution < 1.29 is 0 Å². The van der Waals surface area contributed by atoms with E-state index >= 15 is 0 Å². The van der Waals surface area contributed by atoms with Gasteiger partial charge in [0.15, 0.2) is 0 Å². The number of hydrogen-bond donors (Lipinski definition) is 0. The molecule has 5 heteroatoms. The van der Waals surface area contributed by atoms with Crippen molar-refractivity contribution in [2.24, 2.45) is 0 Å². The second kappa shape index (κ2) is 10.4. The highest BCUT2D eigenvalue weighted by molar-refractivity contribution is 7.99. The number of nitrogens with zero attached hydrogens (tertiary/aromatic N) is 3. The molecule has 220 valence electrons. The van der Waals surface area contributed by atoms with Crippen molar-refractivity contribution in [3.05, 3.63) is 170 Å². The monoisotopic (exact) mass is 617 g/mol. The highest BCUT2D eigenvalue weighted by Crippen LogP contribution is 2.56. The quantitative estimate of drug-likeness (QED) is 0.182. The summed E-state index contributed by atoms with van der Waals surface area (Å²) < 4.78 is 0. The Kier molecular flexibility index (Phi) is 5.90. The normalized spacial score (nSPS) is 13.3. The smallest absolute Gasteiger partial charge is 0.333 e. The molecule has 47 heavy (non-hydrogen) atoms. The standard InChI is InChI=1S/C42H28BN3S/c1-4-15-29(16-5-1)44(30-17-6-2-7-18-30)32-27-34-33-21-14-26-40-42(33)46(37-24-12-13-25-39(37)47-40)43-35-22-10-11-23-36(35)45(38(28-32)41(34)43)31-19-8-3-9-20-31/h1-28H. The van der Waals surface area contributed by atoms with Gasteiger partial charge in [-0.15, -0.1) is 0 Å². The fourth-order valence-corrected chi connectivity index (χ4v) is 8.81. The van der Waals surface area contributed by atoms with Crippen molar-refractivity contribution in [2.45, 2.75) is 9.79 Å². The van der Waals surface area contributed by atoms with Gasteiger partial charge >= 0.3 is 6.85 Å². The maximum absolute atomic E-state index is 2.62. The van der Waals surface area contributed by atoms with E-state index in [1.54, 1.807) is 0 Å². The fraction of sp³-hybridized carbons (Fsp3) is 0. The first-order chi connectivity index (χ1) is 23.3. The first-order valence-corrected chi connectivity index (χ1v) is 16.9. The lowest BCUT2D eigenvalue weighted by molar-refractivity contribution is 1.20. The van der Waals surface area contributed by atoms with Crippen LogP contribution in [0.4, 0.5) is 45.5 Å². The largest absolute Gasteiger partial charge is 0.374 e. The highest BCUT2D eigenvalue weighted by atomic mass is 32.2. The Balaban J connectivity index is 1.33. The molecule has 7 aromatic rings. The summed E-state index contributed by atoms with van der Waals surface area (Å²) in [6, 6.07) is 61.8. The lowest BCUT2D eigenvalue weighted by Crippen LogP contribution is -2.62. The van der Waals surface area contributed by atoms with Crippen molar-refractivity contribution in [3.63, 3.8) is 0 Å². The second-order valence-electron chi connectivity index (χ2n) is 12.2. The van der Waals surface area contributed by atoms with E-state index in [0.29, 0.717) is 0 Å². The third kappa shape index (κ3) is 3.97. The number of benzene rings is 7. The summed E-state index contributed by atoms with van der Waals surface area (Å²) in [5, 5.41) is 0.